The van der Waals surface area contributed by atoms with Gasteiger partial charge in [0.2, 0.25) is 5.85 Å². The number of hydrogen-bond acceptors (Lipinski definition) is 2. The number of hydrogen-bond donors (Lipinski definition) is 0. The first kappa shape index (κ1) is 14.4. The molecule has 0 bridgehead atoms. The lowest BCUT2D eigenvalue weighted by Crippen LogP contribution is -1.37. The highest BCUT2D eigenvalue weighted by Gasteiger charge is 2.02. The van der Waals surface area contributed by atoms with Gasteiger partial charge in [-0.25, -0.2) is 0 Å². The van der Waals surface area contributed by atoms with Crippen LogP contribution in [0.2, 0.25) is 0 Å². The Labute approximate surface area is 82.8 Å². The fourth-order valence-electron chi connectivity index (χ4n) is 0. The monoisotopic (exact) mass is 284 g/mol. The summed E-state index contributed by atoms with van der Waals surface area (Å²) in [6.07, 6.45) is 0. The van der Waals surface area contributed by atoms with Crippen LogP contribution in [-0.4, -0.2) is 6.66 Å². The summed E-state index contributed by atoms with van der Waals surface area (Å²) in [7, 11) is 0. The third-order valence-corrected chi connectivity index (χ3v) is 0. The SMILES string of the molecule is CP(=O)(Cl)Cl.O=P(Cl)(Cl)Cl. The normalized spacial score (nSPS) is 11.8. The van der Waals surface area contributed by atoms with Crippen LogP contribution < -0.4 is 0 Å². The Morgan fingerprint density at radius 2 is 0.900 bits per heavy atom. The summed E-state index contributed by atoms with van der Waals surface area (Å²) in [4.78, 5) is 0. The molecule has 0 aliphatic carbocycles. The standard InChI is InChI=1S/CH3Cl2OP.Cl3OP/c2*1-5(2,3)4/h1H3;. The highest BCUT2D eigenvalue weighted by atomic mass is 36.0. The van der Waals surface area contributed by atoms with E-state index in [-0.39, 0.29) is 0 Å². The molecule has 64 valence electrons. The van der Waals surface area contributed by atoms with Gasteiger partial charge in [0.25, 0.3) is 0 Å². The predicted octanol–water partition coefficient (Wildman–Crippen LogP) is 5.10. The van der Waals surface area contributed by atoms with Gasteiger partial charge in [0.1, 0.15) is 0 Å². The molecular formula is CH3Cl5O2P2. The molecule has 0 radical (unpaired) electrons. The molecule has 0 amide bonds. The summed E-state index contributed by atoms with van der Waals surface area (Å²) in [6.45, 7) is 1.27. The summed E-state index contributed by atoms with van der Waals surface area (Å²) in [6, 6.07) is 0. The highest BCUT2D eigenvalue weighted by Crippen LogP contribution is 2.61. The van der Waals surface area contributed by atoms with Crippen molar-refractivity contribution >= 4 is 67.3 Å². The highest BCUT2D eigenvalue weighted by molar-refractivity contribution is 8.24. The van der Waals surface area contributed by atoms with Gasteiger partial charge in [-0.3, -0.25) is 9.13 Å². The Kier molecular flexibility index (Phi) is 7.99. The van der Waals surface area contributed by atoms with E-state index in [4.69, 9.17) is 22.5 Å². The first-order chi connectivity index (χ1) is 4.00. The van der Waals surface area contributed by atoms with Crippen molar-refractivity contribution in [2.24, 2.45) is 0 Å². The van der Waals surface area contributed by atoms with Crippen LogP contribution in [0.4, 0.5) is 0 Å². The fraction of sp³-hybridized carbons (Fsp3) is 1.00. The van der Waals surface area contributed by atoms with Crippen molar-refractivity contribution in [2.75, 3.05) is 6.66 Å². The van der Waals surface area contributed by atoms with Crippen molar-refractivity contribution in [1.82, 2.24) is 0 Å². The van der Waals surface area contributed by atoms with Gasteiger partial charge >= 0.3 is 5.20 Å². The average molecular weight is 286 g/mol. The predicted molar refractivity (Wildman–Crippen MR) is 50.4 cm³/mol. The van der Waals surface area contributed by atoms with Crippen LogP contribution in [0.15, 0.2) is 0 Å². The van der Waals surface area contributed by atoms with Crippen molar-refractivity contribution in [3.63, 3.8) is 0 Å². The molecule has 0 aromatic rings. The van der Waals surface area contributed by atoms with Gasteiger partial charge < -0.3 is 0 Å². The zero-order chi connectivity index (χ0) is 9.00. The maximum Gasteiger partial charge on any atom is 0.339 e. The summed E-state index contributed by atoms with van der Waals surface area (Å²) in [5.41, 5.74) is 0. The molecule has 0 unspecified atom stereocenters. The second-order valence-corrected chi connectivity index (χ2v) is 13.6. The zero-order valence-electron chi connectivity index (χ0n) is 4.60. The average Bonchev–Trinajstić information content (AvgIpc) is 1.12. The maximum absolute atomic E-state index is 9.75. The van der Waals surface area contributed by atoms with Gasteiger partial charge in [0.15, 0.2) is 0 Å². The van der Waals surface area contributed by atoms with E-state index in [1.165, 1.54) is 6.66 Å². The quantitative estimate of drug-likeness (QED) is 0.581. The van der Waals surface area contributed by atoms with Crippen LogP contribution in [0.3, 0.4) is 0 Å². The van der Waals surface area contributed by atoms with Gasteiger partial charge in [-0.05, 0) is 56.2 Å². The zero-order valence-corrected chi connectivity index (χ0v) is 10.2. The topological polar surface area (TPSA) is 34.1 Å². The molecule has 0 heterocycles. The summed E-state index contributed by atoms with van der Waals surface area (Å²) >= 11 is 23.6. The van der Waals surface area contributed by atoms with Gasteiger partial charge in [-0.2, -0.15) is 0 Å². The summed E-state index contributed by atoms with van der Waals surface area (Å²) < 4.78 is 19.3. The summed E-state index contributed by atoms with van der Waals surface area (Å²) in [5.74, 6) is -2.69. The Hall–Kier alpha value is 1.91. The molecule has 0 spiro atoms. The van der Waals surface area contributed by atoms with Crippen molar-refractivity contribution in [3.8, 4) is 0 Å². The molecule has 0 atom stereocenters. The Bertz CT molecular complexity index is 130. The minimum absolute atomic E-state index is 1.27. The molecule has 0 fully saturated rings. The van der Waals surface area contributed by atoms with Gasteiger partial charge in [-0.1, -0.05) is 0 Å². The fourth-order valence-corrected chi connectivity index (χ4v) is 0. The maximum atomic E-state index is 9.75. The van der Waals surface area contributed by atoms with Gasteiger partial charge in [-0.15, -0.1) is 0 Å². The lowest BCUT2D eigenvalue weighted by Gasteiger charge is -1.78. The molecule has 10 heavy (non-hydrogen) atoms. The molecule has 0 aromatic heterocycles. The molecule has 0 N–H and O–H groups in total. The van der Waals surface area contributed by atoms with Crippen molar-refractivity contribution < 1.29 is 9.13 Å². The summed E-state index contributed by atoms with van der Waals surface area (Å²) in [5, 5.41) is -3.22. The van der Waals surface area contributed by atoms with Crippen molar-refractivity contribution in [2.45, 2.75) is 0 Å². The molecule has 0 aromatic carbocycles. The Balaban J connectivity index is 0. The van der Waals surface area contributed by atoms with E-state index in [1.807, 2.05) is 0 Å². The Morgan fingerprint density at radius 3 is 0.900 bits per heavy atom. The van der Waals surface area contributed by atoms with E-state index in [1.54, 1.807) is 0 Å². The second kappa shape index (κ2) is 5.54. The largest absolute Gasteiger partial charge is 0.339 e. The number of rotatable bonds is 0. The van der Waals surface area contributed by atoms with Crippen LogP contribution in [0.1, 0.15) is 0 Å². The smallest absolute Gasteiger partial charge is 0.290 e. The van der Waals surface area contributed by atoms with E-state index in [9.17, 15) is 9.13 Å². The minimum Gasteiger partial charge on any atom is -0.290 e. The number of halogens is 5. The minimum atomic E-state index is -3.22. The lowest BCUT2D eigenvalue weighted by atomic mass is 12.0. The van der Waals surface area contributed by atoms with E-state index in [0.29, 0.717) is 0 Å². The third kappa shape index (κ3) is 216. The molecule has 0 saturated carbocycles. The first-order valence-electron chi connectivity index (χ1n) is 1.66. The van der Waals surface area contributed by atoms with Crippen LogP contribution in [-0.2, 0) is 9.13 Å². The molecule has 0 aliphatic heterocycles. The van der Waals surface area contributed by atoms with Crippen molar-refractivity contribution in [3.05, 3.63) is 0 Å². The van der Waals surface area contributed by atoms with E-state index in [2.05, 4.69) is 33.7 Å². The van der Waals surface area contributed by atoms with Crippen LogP contribution in [0.25, 0.3) is 0 Å². The molecule has 9 heteroatoms. The van der Waals surface area contributed by atoms with Crippen LogP contribution in [0, 0.1) is 0 Å². The first-order valence-corrected chi connectivity index (χ1v) is 10.0. The lowest BCUT2D eigenvalue weighted by molar-refractivity contribution is 0.595. The molecule has 0 rings (SSSR count). The molecule has 0 saturated heterocycles. The van der Waals surface area contributed by atoms with Gasteiger partial charge in [0.05, 0.1) is 0 Å². The Morgan fingerprint density at radius 1 is 0.900 bits per heavy atom. The van der Waals surface area contributed by atoms with Crippen LogP contribution in [0.5, 0.6) is 0 Å². The van der Waals surface area contributed by atoms with E-state index >= 15 is 0 Å². The molecule has 2 nitrogen and oxygen atoms in total. The van der Waals surface area contributed by atoms with Crippen molar-refractivity contribution in [1.29, 1.82) is 0 Å². The second-order valence-electron chi connectivity index (χ2n) is 1.12. The third-order valence-electron chi connectivity index (χ3n) is 0. The van der Waals surface area contributed by atoms with Crippen LogP contribution >= 0.6 is 67.3 Å². The molecular weight excluding hydrogens is 283 g/mol. The van der Waals surface area contributed by atoms with E-state index < -0.39 is 11.0 Å². The molecule has 0 aliphatic rings. The van der Waals surface area contributed by atoms with Gasteiger partial charge in [0, 0.05) is 6.66 Å². The van der Waals surface area contributed by atoms with E-state index in [0.717, 1.165) is 0 Å².